The highest BCUT2D eigenvalue weighted by Gasteiger charge is 2.56. The van der Waals surface area contributed by atoms with Crippen LogP contribution in [0, 0.1) is 0 Å². The van der Waals surface area contributed by atoms with Crippen LogP contribution in [0.2, 0.25) is 0 Å². The average molecular weight is 1500 g/mol. The van der Waals surface area contributed by atoms with Gasteiger partial charge in [-0.2, -0.15) is 0 Å². The lowest BCUT2D eigenvalue weighted by Crippen LogP contribution is -2.63. The molecule has 105 heavy (non-hydrogen) atoms. The molecule has 3 fully saturated rings. The van der Waals surface area contributed by atoms with E-state index in [1.165, 1.54) is 0 Å². The van der Waals surface area contributed by atoms with Gasteiger partial charge in [0.2, 0.25) is 17.7 Å². The Kier molecular flexibility index (Phi) is 36.9. The van der Waals surface area contributed by atoms with Gasteiger partial charge in [-0.25, -0.2) is 4.79 Å². The minimum Gasteiger partial charge on any atom is -0.463 e. The summed E-state index contributed by atoms with van der Waals surface area (Å²) >= 11 is 0. The fraction of sp³-hybridized carbons (Fsp3) is 0.667. The van der Waals surface area contributed by atoms with Gasteiger partial charge in [0.25, 0.3) is 0 Å². The number of carbonyl (C=O) groups excluding carboxylic acids is 16. The number of carbonyl (C=O) groups is 16. The number of benzene rings is 1. The molecule has 3 heterocycles. The third-order valence-corrected chi connectivity index (χ3v) is 15.0. The maximum absolute atomic E-state index is 14.0. The Morgan fingerprint density at radius 1 is 0.333 bits per heavy atom. The van der Waals surface area contributed by atoms with E-state index in [0.717, 1.165) is 83.1 Å². The molecular weight excluding hydrogens is 1410 g/mol. The highest BCUT2D eigenvalue weighted by atomic mass is 16.8. The number of esters is 12. The Balaban J connectivity index is 1.65. The largest absolute Gasteiger partial charge is 0.463 e. The molecule has 0 spiro atoms. The molecule has 4 rings (SSSR count). The molecule has 1 aromatic carbocycles. The first kappa shape index (κ1) is 87.7. The molecule has 586 valence electrons. The molecule has 0 unspecified atom stereocenters. The maximum atomic E-state index is 14.0. The molecule has 39 heteroatoms. The Hall–Kier alpha value is -9.70. The van der Waals surface area contributed by atoms with Gasteiger partial charge in [0.05, 0.1) is 19.8 Å². The summed E-state index contributed by atoms with van der Waals surface area (Å²) in [7, 11) is 0. The topological polar surface area (TPSA) is 497 Å². The molecule has 0 saturated carbocycles. The zero-order valence-electron chi connectivity index (χ0n) is 60.1. The Morgan fingerprint density at radius 2 is 0.590 bits per heavy atom. The van der Waals surface area contributed by atoms with Crippen molar-refractivity contribution in [3.8, 4) is 0 Å². The van der Waals surface area contributed by atoms with Crippen molar-refractivity contribution >= 4 is 95.4 Å². The summed E-state index contributed by atoms with van der Waals surface area (Å²) < 4.78 is 106. The van der Waals surface area contributed by atoms with Crippen molar-refractivity contribution in [2.45, 2.75) is 226 Å². The van der Waals surface area contributed by atoms with Gasteiger partial charge in [0.15, 0.2) is 73.8 Å². The van der Waals surface area contributed by atoms with Crippen LogP contribution in [0.1, 0.15) is 127 Å². The van der Waals surface area contributed by atoms with Crippen molar-refractivity contribution in [2.24, 2.45) is 0 Å². The second kappa shape index (κ2) is 44.2. The lowest BCUT2D eigenvalue weighted by molar-refractivity contribution is -0.307. The molecule has 0 bridgehead atoms. The van der Waals surface area contributed by atoms with Gasteiger partial charge >= 0.3 is 77.7 Å². The van der Waals surface area contributed by atoms with E-state index in [1.807, 2.05) is 0 Å². The normalized spacial score (nSPS) is 24.0. The third kappa shape index (κ3) is 32.1. The minimum absolute atomic E-state index is 0.275. The summed E-state index contributed by atoms with van der Waals surface area (Å²) in [6, 6.07) is 8.44. The van der Waals surface area contributed by atoms with E-state index in [-0.39, 0.29) is 45.5 Å². The standard InChI is InChI=1S/C66H92N4O35/c1-34(71)90-31-47-53(94-37(4)74)56(97-40(7)77)59(100-43(10)80)62(103-47)87-27-24-67-50(83)18-21-66(70-65(86)93-30-46-16-14-13-15-17-46,22-19-51(84)68-25-28-88-63-60(101-44(11)81)57(98-41(8)78)54(95-38(5)75)48(104-63)32-91-35(2)72)23-20-52(85)69-26-29-89-64-61(102-45(12)82)58(99-42(9)79)55(96-39(6)76)49(105-64)33-92-36(3)73/h13-17,47-49,53-64H,18-33H2,1-12H3,(H,67,83)(H,68,84)(H,69,85)(H,70,86)/t47-,48-,49-,53-,54-,55-,56+,57+,58+,59+,60+,61+,62+,63+,64+/m1/s1. The Bertz CT molecular complexity index is 2890. The average Bonchev–Trinajstić information content (AvgIpc) is 0.798. The van der Waals surface area contributed by atoms with E-state index < -0.39 is 252 Å². The number of nitrogens with one attached hydrogen (secondary N) is 4. The highest BCUT2D eigenvalue weighted by Crippen LogP contribution is 2.34. The van der Waals surface area contributed by atoms with Crippen LogP contribution in [0.15, 0.2) is 30.3 Å². The molecular formula is C66H92N4O35. The van der Waals surface area contributed by atoms with Crippen LogP contribution in [-0.4, -0.2) is 252 Å². The van der Waals surface area contributed by atoms with Crippen LogP contribution >= 0.6 is 0 Å². The summed E-state index contributed by atoms with van der Waals surface area (Å²) in [5.41, 5.74) is -1.15. The fourth-order valence-corrected chi connectivity index (χ4v) is 10.9. The van der Waals surface area contributed by atoms with Crippen molar-refractivity contribution in [1.29, 1.82) is 0 Å². The zero-order valence-corrected chi connectivity index (χ0v) is 60.1. The molecule has 0 aliphatic carbocycles. The molecule has 3 saturated heterocycles. The van der Waals surface area contributed by atoms with Crippen molar-refractivity contribution in [2.75, 3.05) is 59.3 Å². The molecule has 3 aliphatic heterocycles. The number of hydrogen-bond acceptors (Lipinski definition) is 35. The molecule has 0 aromatic heterocycles. The smallest absolute Gasteiger partial charge is 0.407 e. The zero-order chi connectivity index (χ0) is 78.1. The SMILES string of the molecule is CC(=O)OC[C@H]1O[C@H](OCCNC(=O)CCC(CCC(=O)NCCO[C@H]2O[C@H](COC(C)=O)[C@@H](OC(C)=O)[C@H](OC(C)=O)[C@@H]2OC(C)=O)(CCC(=O)NCCO[C@H]2O[C@H](COC(C)=O)[C@@H](OC(C)=O)[C@H](OC(C)=O)[C@@H]2OC(C)=O)NC(=O)OCc2ccccc2)[C@@H](OC(C)=O)[C@@H](OC(C)=O)[C@@H]1OC(C)=O. The van der Waals surface area contributed by atoms with Gasteiger partial charge in [-0.05, 0) is 24.8 Å². The summed E-state index contributed by atoms with van der Waals surface area (Å²) in [6.45, 7) is 8.33. The highest BCUT2D eigenvalue weighted by molar-refractivity contribution is 5.79. The second-order valence-electron chi connectivity index (χ2n) is 23.8. The summed E-state index contributed by atoms with van der Waals surface area (Å²) in [5, 5.41) is 10.7. The maximum Gasteiger partial charge on any atom is 0.407 e. The van der Waals surface area contributed by atoms with Gasteiger partial charge in [-0.3, -0.25) is 71.9 Å². The van der Waals surface area contributed by atoms with Gasteiger partial charge in [0.1, 0.15) is 44.7 Å². The van der Waals surface area contributed by atoms with Crippen LogP contribution < -0.4 is 21.3 Å². The first-order valence-corrected chi connectivity index (χ1v) is 33.1. The fourth-order valence-electron chi connectivity index (χ4n) is 10.9. The Morgan fingerprint density at radius 3 is 0.848 bits per heavy atom. The van der Waals surface area contributed by atoms with E-state index >= 15 is 0 Å². The second-order valence-corrected chi connectivity index (χ2v) is 23.8. The molecule has 4 amide bonds. The van der Waals surface area contributed by atoms with Crippen molar-refractivity contribution in [1.82, 2.24) is 21.3 Å². The monoisotopic (exact) mass is 1500 g/mol. The van der Waals surface area contributed by atoms with Crippen LogP contribution in [0.25, 0.3) is 0 Å². The summed E-state index contributed by atoms with van der Waals surface area (Å²) in [4.78, 5) is 203. The van der Waals surface area contributed by atoms with E-state index in [9.17, 15) is 76.7 Å². The third-order valence-electron chi connectivity index (χ3n) is 15.0. The summed E-state index contributed by atoms with van der Waals surface area (Å²) in [6.07, 6.45) is -26.4. The van der Waals surface area contributed by atoms with Crippen LogP contribution in [-0.2, 0) is 169 Å². The Labute approximate surface area is 602 Å². The van der Waals surface area contributed by atoms with Crippen LogP contribution in [0.5, 0.6) is 0 Å². The van der Waals surface area contributed by atoms with E-state index in [4.69, 9.17) is 90.0 Å². The van der Waals surface area contributed by atoms with E-state index in [2.05, 4.69) is 21.3 Å². The molecule has 1 aromatic rings. The van der Waals surface area contributed by atoms with Gasteiger partial charge in [-0.1, -0.05) is 30.3 Å². The molecule has 39 nitrogen and oxygen atoms in total. The predicted molar refractivity (Wildman–Crippen MR) is 343 cm³/mol. The quantitative estimate of drug-likeness (QED) is 0.0371. The van der Waals surface area contributed by atoms with E-state index in [1.54, 1.807) is 30.3 Å². The van der Waals surface area contributed by atoms with Crippen molar-refractivity contribution < 1.29 is 167 Å². The number of amides is 4. The first-order chi connectivity index (χ1) is 49.5. The van der Waals surface area contributed by atoms with Crippen molar-refractivity contribution in [3.63, 3.8) is 0 Å². The molecule has 3 aliphatic rings. The number of ether oxygens (including phenoxy) is 19. The molecule has 0 radical (unpaired) electrons. The van der Waals surface area contributed by atoms with Crippen molar-refractivity contribution in [3.05, 3.63) is 35.9 Å². The molecule has 15 atom stereocenters. The minimum atomic E-state index is -1.71. The lowest BCUT2D eigenvalue weighted by Gasteiger charge is -2.44. The number of alkyl carbamates (subject to hydrolysis) is 1. The summed E-state index contributed by atoms with van der Waals surface area (Å²) in [5.74, 6) is -12.5. The van der Waals surface area contributed by atoms with Gasteiger partial charge in [-0.15, -0.1) is 0 Å². The van der Waals surface area contributed by atoms with Gasteiger partial charge < -0.3 is 111 Å². The van der Waals surface area contributed by atoms with E-state index in [0.29, 0.717) is 5.56 Å². The first-order valence-electron chi connectivity index (χ1n) is 33.1. The number of hydrogen-bond donors (Lipinski definition) is 4. The number of rotatable bonds is 39. The predicted octanol–water partition coefficient (Wildman–Crippen LogP) is -0.360. The van der Waals surface area contributed by atoms with Crippen LogP contribution in [0.3, 0.4) is 0 Å². The lowest BCUT2D eigenvalue weighted by atomic mass is 9.83. The molecule has 4 N–H and O–H groups in total. The van der Waals surface area contributed by atoms with Crippen LogP contribution in [0.4, 0.5) is 4.79 Å². The van der Waals surface area contributed by atoms with Gasteiger partial charge in [0, 0.05) is 128 Å².